The lowest BCUT2D eigenvalue weighted by molar-refractivity contribution is 0.0654. The molecule has 4 rings (SSSR count). The van der Waals surface area contributed by atoms with E-state index in [2.05, 4.69) is 4.98 Å². The molecule has 0 N–H and O–H groups in total. The molecule has 1 aromatic heterocycles. The van der Waals surface area contributed by atoms with Crippen LogP contribution in [0.1, 0.15) is 34.1 Å². The number of nitrogens with zero attached hydrogens (tertiary/aromatic N) is 2. The van der Waals surface area contributed by atoms with Crippen molar-refractivity contribution in [3.05, 3.63) is 63.0 Å². The molecule has 1 aliphatic rings. The SMILES string of the molecule is CCCN1C(=O)c2ccc(-c3nc4cc(Cl)ccc4c(=O)o3)cc2C1=O. The molecule has 0 bridgehead atoms. The number of aromatic nitrogens is 1. The minimum Gasteiger partial charge on any atom is -0.403 e. The van der Waals surface area contributed by atoms with Crippen LogP contribution in [0.2, 0.25) is 5.02 Å². The molecule has 0 unspecified atom stereocenters. The van der Waals surface area contributed by atoms with E-state index < -0.39 is 5.63 Å². The molecule has 2 aromatic carbocycles. The van der Waals surface area contributed by atoms with Crippen LogP contribution in [0.25, 0.3) is 22.4 Å². The third-order valence-corrected chi connectivity index (χ3v) is 4.49. The minimum absolute atomic E-state index is 0.0711. The van der Waals surface area contributed by atoms with Gasteiger partial charge in [0.05, 0.1) is 22.0 Å². The molecule has 0 saturated heterocycles. The van der Waals surface area contributed by atoms with Gasteiger partial charge in [0.2, 0.25) is 5.89 Å². The molecule has 0 aliphatic carbocycles. The lowest BCUT2D eigenvalue weighted by atomic mass is 10.1. The molecule has 7 heteroatoms. The van der Waals surface area contributed by atoms with Crippen molar-refractivity contribution in [2.45, 2.75) is 13.3 Å². The minimum atomic E-state index is -0.544. The summed E-state index contributed by atoms with van der Waals surface area (Å²) in [6.45, 7) is 2.26. The molecule has 2 heterocycles. The third-order valence-electron chi connectivity index (χ3n) is 4.26. The fraction of sp³-hybridized carbons (Fsp3) is 0.158. The van der Waals surface area contributed by atoms with Gasteiger partial charge in [-0.2, -0.15) is 0 Å². The third kappa shape index (κ3) is 2.50. The second-order valence-electron chi connectivity index (χ2n) is 5.99. The molecule has 0 atom stereocenters. The number of carbonyl (C=O) groups excluding carboxylic acids is 2. The Morgan fingerprint density at radius 3 is 2.58 bits per heavy atom. The van der Waals surface area contributed by atoms with E-state index in [-0.39, 0.29) is 23.3 Å². The van der Waals surface area contributed by atoms with Gasteiger partial charge in [-0.1, -0.05) is 18.5 Å². The van der Waals surface area contributed by atoms with Gasteiger partial charge in [0.25, 0.3) is 11.8 Å². The molecule has 6 nitrogen and oxygen atoms in total. The van der Waals surface area contributed by atoms with Crippen LogP contribution in [-0.2, 0) is 0 Å². The zero-order chi connectivity index (χ0) is 18.4. The van der Waals surface area contributed by atoms with Crippen LogP contribution in [0.4, 0.5) is 0 Å². The summed E-state index contributed by atoms with van der Waals surface area (Å²) in [5.74, 6) is -0.584. The second-order valence-corrected chi connectivity index (χ2v) is 6.43. The number of hydrogen-bond donors (Lipinski definition) is 0. The van der Waals surface area contributed by atoms with E-state index in [1.807, 2.05) is 6.92 Å². The molecule has 2 amide bonds. The van der Waals surface area contributed by atoms with Crippen LogP contribution in [0.5, 0.6) is 0 Å². The van der Waals surface area contributed by atoms with Crippen LogP contribution < -0.4 is 5.63 Å². The first-order valence-corrected chi connectivity index (χ1v) is 8.48. The first-order valence-electron chi connectivity index (χ1n) is 8.10. The Labute approximate surface area is 153 Å². The lowest BCUT2D eigenvalue weighted by Crippen LogP contribution is -2.30. The summed E-state index contributed by atoms with van der Waals surface area (Å²) >= 11 is 5.97. The highest BCUT2D eigenvalue weighted by Crippen LogP contribution is 2.28. The van der Waals surface area contributed by atoms with E-state index in [0.29, 0.717) is 40.0 Å². The van der Waals surface area contributed by atoms with Gasteiger partial charge in [-0.15, -0.1) is 0 Å². The fourth-order valence-corrected chi connectivity index (χ4v) is 3.19. The van der Waals surface area contributed by atoms with Crippen molar-refractivity contribution in [1.29, 1.82) is 0 Å². The van der Waals surface area contributed by atoms with Gasteiger partial charge in [-0.25, -0.2) is 9.78 Å². The van der Waals surface area contributed by atoms with E-state index in [9.17, 15) is 14.4 Å². The van der Waals surface area contributed by atoms with Crippen LogP contribution in [0.15, 0.2) is 45.6 Å². The molecule has 1 aliphatic heterocycles. The van der Waals surface area contributed by atoms with E-state index in [1.165, 1.54) is 11.0 Å². The van der Waals surface area contributed by atoms with Gasteiger partial charge >= 0.3 is 5.63 Å². The van der Waals surface area contributed by atoms with Crippen molar-refractivity contribution < 1.29 is 14.0 Å². The number of benzene rings is 2. The van der Waals surface area contributed by atoms with E-state index in [0.717, 1.165) is 0 Å². The average Bonchev–Trinajstić information content (AvgIpc) is 2.86. The second kappa shape index (κ2) is 6.07. The molecular weight excluding hydrogens is 356 g/mol. The largest absolute Gasteiger partial charge is 0.403 e. The zero-order valence-corrected chi connectivity index (χ0v) is 14.5. The maximum absolute atomic E-state index is 12.5. The molecule has 0 spiro atoms. The van der Waals surface area contributed by atoms with Gasteiger partial charge in [0, 0.05) is 17.1 Å². The topological polar surface area (TPSA) is 80.5 Å². The number of imide groups is 1. The van der Waals surface area contributed by atoms with E-state index in [1.54, 1.807) is 30.3 Å². The number of carbonyl (C=O) groups is 2. The monoisotopic (exact) mass is 368 g/mol. The fourth-order valence-electron chi connectivity index (χ4n) is 3.02. The predicted molar refractivity (Wildman–Crippen MR) is 96.4 cm³/mol. The number of rotatable bonds is 3. The summed E-state index contributed by atoms with van der Waals surface area (Å²) in [4.78, 5) is 42.5. The highest BCUT2D eigenvalue weighted by atomic mass is 35.5. The van der Waals surface area contributed by atoms with Crippen LogP contribution >= 0.6 is 11.6 Å². The van der Waals surface area contributed by atoms with E-state index >= 15 is 0 Å². The number of amides is 2. The Hall–Kier alpha value is -2.99. The van der Waals surface area contributed by atoms with Crippen molar-refractivity contribution in [1.82, 2.24) is 9.88 Å². The van der Waals surface area contributed by atoms with Crippen molar-refractivity contribution >= 4 is 34.3 Å². The van der Waals surface area contributed by atoms with Crippen molar-refractivity contribution in [2.24, 2.45) is 0 Å². The summed E-state index contributed by atoms with van der Waals surface area (Å²) in [6.07, 6.45) is 0.681. The van der Waals surface area contributed by atoms with Gasteiger partial charge < -0.3 is 4.42 Å². The van der Waals surface area contributed by atoms with Gasteiger partial charge in [-0.3, -0.25) is 14.5 Å². The number of hydrogen-bond acceptors (Lipinski definition) is 5. The Morgan fingerprint density at radius 2 is 1.81 bits per heavy atom. The molecular formula is C19H13ClN2O4. The normalized spacial score (nSPS) is 13.5. The summed E-state index contributed by atoms with van der Waals surface area (Å²) in [6, 6.07) is 9.42. The standard InChI is InChI=1S/C19H13ClN2O4/c1-2-7-22-17(23)12-5-3-10(8-14(12)18(22)24)16-21-15-9-11(20)4-6-13(15)19(25)26-16/h3-6,8-9H,2,7H2,1H3. The zero-order valence-electron chi connectivity index (χ0n) is 13.8. The van der Waals surface area contributed by atoms with Crippen molar-refractivity contribution in [3.8, 4) is 11.5 Å². The maximum atomic E-state index is 12.5. The van der Waals surface area contributed by atoms with Crippen molar-refractivity contribution in [2.75, 3.05) is 6.54 Å². The Balaban J connectivity index is 1.84. The quantitative estimate of drug-likeness (QED) is 0.661. The van der Waals surface area contributed by atoms with Gasteiger partial charge in [-0.05, 0) is 42.8 Å². The average molecular weight is 369 g/mol. The molecule has 0 fully saturated rings. The van der Waals surface area contributed by atoms with Crippen LogP contribution in [0, 0.1) is 0 Å². The predicted octanol–water partition coefficient (Wildman–Crippen LogP) is 3.51. The first kappa shape index (κ1) is 16.5. The molecule has 0 radical (unpaired) electrons. The molecule has 130 valence electrons. The van der Waals surface area contributed by atoms with Gasteiger partial charge in [0.1, 0.15) is 0 Å². The van der Waals surface area contributed by atoms with E-state index in [4.69, 9.17) is 16.0 Å². The Morgan fingerprint density at radius 1 is 1.04 bits per heavy atom. The Bertz CT molecular complexity index is 1140. The Kier molecular flexibility index (Phi) is 3.85. The summed E-state index contributed by atoms with van der Waals surface area (Å²) in [5, 5.41) is 0.770. The maximum Gasteiger partial charge on any atom is 0.347 e. The first-order chi connectivity index (χ1) is 12.5. The van der Waals surface area contributed by atoms with Crippen LogP contribution in [0.3, 0.4) is 0 Å². The smallest absolute Gasteiger partial charge is 0.347 e. The summed E-state index contributed by atoms with van der Waals surface area (Å²) < 4.78 is 5.29. The highest BCUT2D eigenvalue weighted by Gasteiger charge is 2.35. The lowest BCUT2D eigenvalue weighted by Gasteiger charge is -2.11. The summed E-state index contributed by atoms with van der Waals surface area (Å²) in [5.41, 5.74) is 0.939. The molecule has 0 saturated carbocycles. The number of fused-ring (bicyclic) bond motifs is 2. The van der Waals surface area contributed by atoms with Gasteiger partial charge in [0.15, 0.2) is 0 Å². The molecule has 3 aromatic rings. The van der Waals surface area contributed by atoms with Crippen molar-refractivity contribution in [3.63, 3.8) is 0 Å². The summed E-state index contributed by atoms with van der Waals surface area (Å²) in [7, 11) is 0. The van der Waals surface area contributed by atoms with Crippen LogP contribution in [-0.4, -0.2) is 28.2 Å². The molecule has 26 heavy (non-hydrogen) atoms. The number of halogens is 1. The highest BCUT2D eigenvalue weighted by molar-refractivity contribution is 6.31.